The van der Waals surface area contributed by atoms with Gasteiger partial charge in [-0.1, -0.05) is 12.1 Å². The summed E-state index contributed by atoms with van der Waals surface area (Å²) in [6.45, 7) is 2.66. The Bertz CT molecular complexity index is 874. The van der Waals surface area contributed by atoms with Gasteiger partial charge in [0.15, 0.2) is 6.61 Å². The maximum atomic E-state index is 12.8. The van der Waals surface area contributed by atoms with Crippen molar-refractivity contribution in [3.05, 3.63) is 47.7 Å². The summed E-state index contributed by atoms with van der Waals surface area (Å²) in [7, 11) is 0. The van der Waals surface area contributed by atoms with Crippen LogP contribution in [0.1, 0.15) is 30.0 Å². The van der Waals surface area contributed by atoms with E-state index in [1.807, 2.05) is 5.32 Å². The number of hydrogen-bond donors (Lipinski definition) is 2. The molecule has 2 N–H and O–H groups in total. The van der Waals surface area contributed by atoms with E-state index in [2.05, 4.69) is 5.32 Å². The fourth-order valence-corrected chi connectivity index (χ4v) is 2.11. The largest absolute Gasteiger partial charge is 0.450 e. The van der Waals surface area contributed by atoms with E-state index in [0.717, 1.165) is 12.1 Å². The predicted molar refractivity (Wildman–Crippen MR) is 91.2 cm³/mol. The zero-order valence-corrected chi connectivity index (χ0v) is 14.9. The summed E-state index contributed by atoms with van der Waals surface area (Å²) < 4.78 is 48.3. The summed E-state index contributed by atoms with van der Waals surface area (Å²) in [5.74, 6) is -2.13. The highest BCUT2D eigenvalue weighted by atomic mass is 19.4. The van der Waals surface area contributed by atoms with Crippen LogP contribution in [0.15, 0.2) is 40.8 Å². The number of urea groups is 1. The average Bonchev–Trinajstić information content (AvgIpc) is 3.08. The van der Waals surface area contributed by atoms with Crippen LogP contribution < -0.4 is 10.6 Å². The van der Waals surface area contributed by atoms with Crippen molar-refractivity contribution in [3.63, 3.8) is 0 Å². The number of carbonyl (C=O) groups excluding carboxylic acids is 3. The molecule has 1 aromatic heterocycles. The third-order valence-corrected chi connectivity index (χ3v) is 3.29. The molecule has 28 heavy (non-hydrogen) atoms. The van der Waals surface area contributed by atoms with Crippen LogP contribution in [0.3, 0.4) is 0 Å². The summed E-state index contributed by atoms with van der Waals surface area (Å²) in [6, 6.07) is 6.00. The van der Waals surface area contributed by atoms with Gasteiger partial charge in [-0.25, -0.2) is 9.59 Å². The normalized spacial score (nSPS) is 11.2. The fraction of sp³-hybridized carbons (Fsp3) is 0.278. The number of imide groups is 1. The summed E-state index contributed by atoms with van der Waals surface area (Å²) in [4.78, 5) is 34.8. The molecule has 150 valence electrons. The molecule has 1 heterocycles. The van der Waals surface area contributed by atoms with Gasteiger partial charge in [0.2, 0.25) is 5.76 Å². The van der Waals surface area contributed by atoms with Crippen molar-refractivity contribution in [2.45, 2.75) is 26.1 Å². The second-order valence-corrected chi connectivity index (χ2v) is 5.99. The van der Waals surface area contributed by atoms with Crippen molar-refractivity contribution in [1.82, 2.24) is 10.6 Å². The Kier molecular flexibility index (Phi) is 6.45. The molecule has 0 aliphatic rings. The van der Waals surface area contributed by atoms with E-state index in [0.29, 0.717) is 0 Å². The lowest BCUT2D eigenvalue weighted by molar-refractivity contribution is -0.137. The highest BCUT2D eigenvalue weighted by molar-refractivity contribution is 5.96. The summed E-state index contributed by atoms with van der Waals surface area (Å²) in [5, 5.41) is 4.39. The first kappa shape index (κ1) is 21.0. The van der Waals surface area contributed by atoms with Gasteiger partial charge >= 0.3 is 18.2 Å². The molecular weight excluding hydrogens is 381 g/mol. The number of alkyl halides is 3. The summed E-state index contributed by atoms with van der Waals surface area (Å²) in [5.41, 5.74) is -0.737. The molecule has 7 nitrogen and oxygen atoms in total. The number of furan rings is 1. The average molecular weight is 398 g/mol. The molecular formula is C18H17F3N2O5. The van der Waals surface area contributed by atoms with Crippen LogP contribution >= 0.6 is 0 Å². The maximum absolute atomic E-state index is 12.8. The van der Waals surface area contributed by atoms with Crippen LogP contribution in [0.4, 0.5) is 18.0 Å². The van der Waals surface area contributed by atoms with Crippen LogP contribution in [0.2, 0.25) is 0 Å². The number of carbonyl (C=O) groups is 3. The lowest BCUT2D eigenvalue weighted by Gasteiger charge is -2.09. The molecule has 0 radical (unpaired) electrons. The van der Waals surface area contributed by atoms with E-state index < -0.39 is 36.3 Å². The molecule has 0 bridgehead atoms. The van der Waals surface area contributed by atoms with Crippen molar-refractivity contribution in [2.24, 2.45) is 0 Å². The molecule has 2 aromatic rings. The molecule has 0 unspecified atom stereocenters. The SMILES string of the molecule is CC(C)NC(=O)NC(=O)COC(=O)c1ccc(-c2cccc(C(F)(F)F)c2)o1. The Labute approximate surface area is 157 Å². The van der Waals surface area contributed by atoms with Crippen molar-refractivity contribution >= 4 is 17.9 Å². The Morgan fingerprint density at radius 3 is 2.50 bits per heavy atom. The fourth-order valence-electron chi connectivity index (χ4n) is 2.11. The number of nitrogens with one attached hydrogen (secondary N) is 2. The zero-order chi connectivity index (χ0) is 20.9. The molecule has 2 rings (SSSR count). The lowest BCUT2D eigenvalue weighted by Crippen LogP contribution is -2.44. The van der Waals surface area contributed by atoms with E-state index in [1.165, 1.54) is 24.3 Å². The first-order chi connectivity index (χ1) is 13.1. The number of halogens is 3. The van der Waals surface area contributed by atoms with Gasteiger partial charge in [-0.2, -0.15) is 13.2 Å². The molecule has 1 aromatic carbocycles. The number of hydrogen-bond acceptors (Lipinski definition) is 5. The van der Waals surface area contributed by atoms with Crippen molar-refractivity contribution in [2.75, 3.05) is 6.61 Å². The van der Waals surface area contributed by atoms with Gasteiger partial charge in [-0.15, -0.1) is 0 Å². The standard InChI is InChI=1S/C18H17F3N2O5/c1-10(2)22-17(26)23-15(24)9-27-16(25)14-7-6-13(28-14)11-4-3-5-12(8-11)18(19,20)21/h3-8,10H,9H2,1-2H3,(H2,22,23,24,26). The highest BCUT2D eigenvalue weighted by Gasteiger charge is 2.30. The second kappa shape index (κ2) is 8.59. The smallest absolute Gasteiger partial charge is 0.416 e. The molecule has 0 fully saturated rings. The van der Waals surface area contributed by atoms with Crippen LogP contribution in [-0.4, -0.2) is 30.6 Å². The molecule has 0 saturated carbocycles. The third-order valence-electron chi connectivity index (χ3n) is 3.29. The number of amides is 3. The second-order valence-electron chi connectivity index (χ2n) is 5.99. The van der Waals surface area contributed by atoms with Gasteiger partial charge in [0.25, 0.3) is 5.91 Å². The van der Waals surface area contributed by atoms with E-state index in [-0.39, 0.29) is 23.1 Å². The zero-order valence-electron chi connectivity index (χ0n) is 14.9. The Morgan fingerprint density at radius 1 is 1.14 bits per heavy atom. The van der Waals surface area contributed by atoms with Gasteiger partial charge in [0.05, 0.1) is 5.56 Å². The van der Waals surface area contributed by atoms with Crippen molar-refractivity contribution < 1.29 is 36.7 Å². The Balaban J connectivity index is 1.97. The van der Waals surface area contributed by atoms with Crippen LogP contribution in [0, 0.1) is 0 Å². The molecule has 3 amide bonds. The van der Waals surface area contributed by atoms with E-state index >= 15 is 0 Å². The van der Waals surface area contributed by atoms with Gasteiger partial charge in [-0.05, 0) is 38.1 Å². The molecule has 0 aliphatic heterocycles. The van der Waals surface area contributed by atoms with Crippen LogP contribution in [-0.2, 0) is 15.7 Å². The maximum Gasteiger partial charge on any atom is 0.416 e. The minimum Gasteiger partial charge on any atom is -0.450 e. The monoisotopic (exact) mass is 398 g/mol. The molecule has 0 saturated heterocycles. The number of esters is 1. The molecule has 0 spiro atoms. The molecule has 0 atom stereocenters. The summed E-state index contributed by atoms with van der Waals surface area (Å²) in [6.07, 6.45) is -4.51. The van der Waals surface area contributed by atoms with Gasteiger partial charge in [0.1, 0.15) is 5.76 Å². The number of benzene rings is 1. The quantitative estimate of drug-likeness (QED) is 0.753. The number of rotatable bonds is 5. The van der Waals surface area contributed by atoms with E-state index in [4.69, 9.17) is 9.15 Å². The van der Waals surface area contributed by atoms with Gasteiger partial charge in [0, 0.05) is 11.6 Å². The van der Waals surface area contributed by atoms with Crippen molar-refractivity contribution in [3.8, 4) is 11.3 Å². The summed E-state index contributed by atoms with van der Waals surface area (Å²) >= 11 is 0. The Morgan fingerprint density at radius 2 is 1.86 bits per heavy atom. The number of ether oxygens (including phenoxy) is 1. The molecule has 0 aliphatic carbocycles. The van der Waals surface area contributed by atoms with Crippen LogP contribution in [0.25, 0.3) is 11.3 Å². The van der Waals surface area contributed by atoms with Gasteiger partial charge in [-0.3, -0.25) is 10.1 Å². The van der Waals surface area contributed by atoms with Gasteiger partial charge < -0.3 is 14.5 Å². The van der Waals surface area contributed by atoms with E-state index in [1.54, 1.807) is 13.8 Å². The first-order valence-corrected chi connectivity index (χ1v) is 8.11. The Hall–Kier alpha value is -3.30. The minimum absolute atomic E-state index is 0.0267. The highest BCUT2D eigenvalue weighted by Crippen LogP contribution is 2.32. The lowest BCUT2D eigenvalue weighted by atomic mass is 10.1. The van der Waals surface area contributed by atoms with E-state index in [9.17, 15) is 27.6 Å². The van der Waals surface area contributed by atoms with Crippen molar-refractivity contribution in [1.29, 1.82) is 0 Å². The predicted octanol–water partition coefficient (Wildman–Crippen LogP) is 3.36. The first-order valence-electron chi connectivity index (χ1n) is 8.11. The third kappa shape index (κ3) is 5.86. The minimum atomic E-state index is -4.51. The molecule has 10 heteroatoms. The topological polar surface area (TPSA) is 97.6 Å². The van der Waals surface area contributed by atoms with Crippen LogP contribution in [0.5, 0.6) is 0 Å².